The standard InChI is InChI=1S/C14H19BrClN3O/c1-3-6-17-12(10-5-8-20-14(10)16)13-11(15)9-18-19(13)7-4-2/h5,8-9,12,17H,3-4,6-7H2,1-2H3. The summed E-state index contributed by atoms with van der Waals surface area (Å²) in [5.74, 6) is 0. The van der Waals surface area contributed by atoms with Crippen LogP contribution in [0.2, 0.25) is 5.22 Å². The van der Waals surface area contributed by atoms with Crippen molar-refractivity contribution >= 4 is 27.5 Å². The minimum atomic E-state index is -0.0235. The highest BCUT2D eigenvalue weighted by Gasteiger charge is 2.24. The number of nitrogens with zero attached hydrogens (tertiary/aromatic N) is 2. The summed E-state index contributed by atoms with van der Waals surface area (Å²) in [5, 5.41) is 8.38. The zero-order chi connectivity index (χ0) is 14.5. The monoisotopic (exact) mass is 359 g/mol. The Kier molecular flexibility index (Phi) is 5.69. The molecule has 1 unspecified atom stereocenters. The van der Waals surface area contributed by atoms with Crippen LogP contribution in [0.25, 0.3) is 0 Å². The van der Waals surface area contributed by atoms with Crippen LogP contribution in [0, 0.1) is 0 Å². The molecule has 0 amide bonds. The van der Waals surface area contributed by atoms with Crippen molar-refractivity contribution in [2.24, 2.45) is 0 Å². The molecule has 2 aromatic rings. The number of rotatable bonds is 7. The van der Waals surface area contributed by atoms with Crippen molar-refractivity contribution in [3.8, 4) is 0 Å². The van der Waals surface area contributed by atoms with E-state index in [4.69, 9.17) is 16.0 Å². The summed E-state index contributed by atoms with van der Waals surface area (Å²) in [4.78, 5) is 0. The van der Waals surface area contributed by atoms with E-state index in [-0.39, 0.29) is 6.04 Å². The zero-order valence-electron chi connectivity index (χ0n) is 11.7. The first kappa shape index (κ1) is 15.6. The second-order valence-corrected chi connectivity index (χ2v) is 5.84. The summed E-state index contributed by atoms with van der Waals surface area (Å²) in [7, 11) is 0. The predicted octanol–water partition coefficient (Wildman–Crippen LogP) is 4.39. The van der Waals surface area contributed by atoms with Crippen LogP contribution >= 0.6 is 27.5 Å². The highest BCUT2D eigenvalue weighted by molar-refractivity contribution is 9.10. The van der Waals surface area contributed by atoms with E-state index in [9.17, 15) is 0 Å². The Morgan fingerprint density at radius 1 is 1.45 bits per heavy atom. The molecule has 0 aliphatic heterocycles. The highest BCUT2D eigenvalue weighted by Crippen LogP contribution is 2.33. The largest absolute Gasteiger partial charge is 0.453 e. The molecule has 20 heavy (non-hydrogen) atoms. The molecule has 6 heteroatoms. The maximum absolute atomic E-state index is 6.16. The molecule has 1 atom stereocenters. The molecular formula is C14H19BrClN3O. The lowest BCUT2D eigenvalue weighted by Crippen LogP contribution is -2.26. The van der Waals surface area contributed by atoms with Crippen LogP contribution in [0.15, 0.2) is 27.4 Å². The molecule has 0 saturated heterocycles. The summed E-state index contributed by atoms with van der Waals surface area (Å²) >= 11 is 9.75. The van der Waals surface area contributed by atoms with Crippen molar-refractivity contribution in [1.82, 2.24) is 15.1 Å². The normalized spacial score (nSPS) is 12.8. The minimum Gasteiger partial charge on any atom is -0.453 e. The van der Waals surface area contributed by atoms with Gasteiger partial charge in [-0.05, 0) is 53.0 Å². The van der Waals surface area contributed by atoms with Gasteiger partial charge in [0.1, 0.15) is 0 Å². The molecular weight excluding hydrogens is 342 g/mol. The van der Waals surface area contributed by atoms with Crippen molar-refractivity contribution in [3.63, 3.8) is 0 Å². The average Bonchev–Trinajstić information content (AvgIpc) is 3.00. The Morgan fingerprint density at radius 3 is 2.85 bits per heavy atom. The third kappa shape index (κ3) is 3.27. The fourth-order valence-corrected chi connectivity index (χ4v) is 2.95. The second-order valence-electron chi connectivity index (χ2n) is 4.64. The first-order valence-electron chi connectivity index (χ1n) is 6.86. The molecule has 110 valence electrons. The van der Waals surface area contributed by atoms with E-state index < -0.39 is 0 Å². The molecule has 0 bridgehead atoms. The molecule has 1 N–H and O–H groups in total. The Labute approximate surface area is 132 Å². The number of hydrogen-bond donors (Lipinski definition) is 1. The van der Waals surface area contributed by atoms with Crippen LogP contribution in [0.5, 0.6) is 0 Å². The molecule has 0 aliphatic rings. The molecule has 0 fully saturated rings. The third-order valence-corrected chi connectivity index (χ3v) is 4.02. The summed E-state index contributed by atoms with van der Waals surface area (Å²) < 4.78 is 8.24. The van der Waals surface area contributed by atoms with E-state index in [0.29, 0.717) is 5.22 Å². The average molecular weight is 361 g/mol. The van der Waals surface area contributed by atoms with Crippen LogP contribution in [-0.4, -0.2) is 16.3 Å². The van der Waals surface area contributed by atoms with Gasteiger partial charge >= 0.3 is 0 Å². The van der Waals surface area contributed by atoms with Crippen molar-refractivity contribution in [2.75, 3.05) is 6.54 Å². The summed E-state index contributed by atoms with van der Waals surface area (Å²) in [5.41, 5.74) is 2.03. The van der Waals surface area contributed by atoms with Crippen molar-refractivity contribution in [3.05, 3.63) is 39.5 Å². The van der Waals surface area contributed by atoms with Crippen molar-refractivity contribution in [1.29, 1.82) is 0 Å². The van der Waals surface area contributed by atoms with Gasteiger partial charge in [-0.1, -0.05) is 13.8 Å². The second kappa shape index (κ2) is 7.29. The molecule has 4 nitrogen and oxygen atoms in total. The van der Waals surface area contributed by atoms with Gasteiger partial charge in [0, 0.05) is 12.1 Å². The van der Waals surface area contributed by atoms with Crippen LogP contribution in [0.1, 0.15) is 44.0 Å². The van der Waals surface area contributed by atoms with Gasteiger partial charge in [-0.2, -0.15) is 5.10 Å². The molecule has 2 heterocycles. The van der Waals surface area contributed by atoms with E-state index in [2.05, 4.69) is 40.2 Å². The van der Waals surface area contributed by atoms with E-state index in [1.165, 1.54) is 0 Å². The zero-order valence-corrected chi connectivity index (χ0v) is 14.0. The maximum Gasteiger partial charge on any atom is 0.198 e. The van der Waals surface area contributed by atoms with E-state index in [1.54, 1.807) is 6.26 Å². The highest BCUT2D eigenvalue weighted by atomic mass is 79.9. The number of aryl methyl sites for hydroxylation is 1. The van der Waals surface area contributed by atoms with Crippen LogP contribution < -0.4 is 5.32 Å². The molecule has 0 saturated carbocycles. The van der Waals surface area contributed by atoms with Gasteiger partial charge < -0.3 is 9.73 Å². The molecule has 0 radical (unpaired) electrons. The smallest absolute Gasteiger partial charge is 0.198 e. The van der Waals surface area contributed by atoms with Crippen LogP contribution in [-0.2, 0) is 6.54 Å². The molecule has 0 spiro atoms. The lowest BCUT2D eigenvalue weighted by atomic mass is 10.1. The summed E-state index contributed by atoms with van der Waals surface area (Å²) in [6, 6.07) is 1.88. The topological polar surface area (TPSA) is 43.0 Å². The summed E-state index contributed by atoms with van der Waals surface area (Å²) in [6.45, 7) is 6.05. The fourth-order valence-electron chi connectivity index (χ4n) is 2.20. The van der Waals surface area contributed by atoms with Gasteiger partial charge in [0.2, 0.25) is 0 Å². The van der Waals surface area contributed by atoms with Gasteiger partial charge in [0.05, 0.1) is 28.7 Å². The summed E-state index contributed by atoms with van der Waals surface area (Å²) in [6.07, 6.45) is 5.53. The fraction of sp³-hybridized carbons (Fsp3) is 0.500. The van der Waals surface area contributed by atoms with Crippen molar-refractivity contribution in [2.45, 2.75) is 39.3 Å². The number of hydrogen-bond acceptors (Lipinski definition) is 3. The van der Waals surface area contributed by atoms with E-state index in [0.717, 1.165) is 41.7 Å². The first-order valence-corrected chi connectivity index (χ1v) is 8.03. The quantitative estimate of drug-likeness (QED) is 0.796. The Bertz CT molecular complexity index is 552. The maximum atomic E-state index is 6.16. The lowest BCUT2D eigenvalue weighted by molar-refractivity contribution is 0.503. The SMILES string of the molecule is CCCNC(c1ccoc1Cl)c1c(Br)cnn1CCC. The minimum absolute atomic E-state index is 0.0235. The number of furan rings is 1. The lowest BCUT2D eigenvalue weighted by Gasteiger charge is -2.20. The van der Waals surface area contributed by atoms with Crippen LogP contribution in [0.4, 0.5) is 0 Å². The van der Waals surface area contributed by atoms with Crippen molar-refractivity contribution < 1.29 is 4.42 Å². The molecule has 0 aromatic carbocycles. The Balaban J connectivity index is 2.41. The Hall–Kier alpha value is -0.780. The van der Waals surface area contributed by atoms with Gasteiger partial charge in [-0.25, -0.2) is 0 Å². The molecule has 0 aliphatic carbocycles. The number of aromatic nitrogens is 2. The van der Waals surface area contributed by atoms with Gasteiger partial charge in [0.15, 0.2) is 5.22 Å². The first-order chi connectivity index (χ1) is 9.69. The predicted molar refractivity (Wildman–Crippen MR) is 84.1 cm³/mol. The molecule has 2 aromatic heterocycles. The van der Waals surface area contributed by atoms with Gasteiger partial charge in [-0.15, -0.1) is 0 Å². The van der Waals surface area contributed by atoms with E-state index in [1.807, 2.05) is 16.9 Å². The van der Waals surface area contributed by atoms with Gasteiger partial charge in [-0.3, -0.25) is 4.68 Å². The van der Waals surface area contributed by atoms with E-state index >= 15 is 0 Å². The third-order valence-electron chi connectivity index (χ3n) is 3.10. The number of nitrogens with one attached hydrogen (secondary N) is 1. The molecule has 2 rings (SSSR count). The van der Waals surface area contributed by atoms with Gasteiger partial charge in [0.25, 0.3) is 0 Å². The Morgan fingerprint density at radius 2 is 2.25 bits per heavy atom. The number of halogens is 2. The van der Waals surface area contributed by atoms with Crippen LogP contribution in [0.3, 0.4) is 0 Å².